The summed E-state index contributed by atoms with van der Waals surface area (Å²) >= 11 is 0. The summed E-state index contributed by atoms with van der Waals surface area (Å²) in [6, 6.07) is 14.3. The highest BCUT2D eigenvalue weighted by Gasteiger charge is 2.31. The first-order valence-electron chi connectivity index (χ1n) is 11.3. The Bertz CT molecular complexity index is 1410. The molecule has 0 bridgehead atoms. The van der Waals surface area contributed by atoms with Crippen molar-refractivity contribution in [3.05, 3.63) is 89.5 Å². The van der Waals surface area contributed by atoms with E-state index in [2.05, 4.69) is 15.4 Å². The Morgan fingerprint density at radius 2 is 1.38 bits per heavy atom. The van der Waals surface area contributed by atoms with Crippen molar-refractivity contribution in [1.29, 1.82) is 0 Å². The number of carbonyl (C=O) groups is 1. The lowest BCUT2D eigenvalue weighted by Gasteiger charge is -2.10. The van der Waals surface area contributed by atoms with Crippen LogP contribution in [0.2, 0.25) is 0 Å². The number of rotatable bonds is 8. The van der Waals surface area contributed by atoms with Crippen LogP contribution < -0.4 is 10.1 Å². The average Bonchev–Trinajstić information content (AvgIpc) is 3.32. The maximum atomic E-state index is 13.0. The van der Waals surface area contributed by atoms with Crippen molar-refractivity contribution in [2.24, 2.45) is 0 Å². The van der Waals surface area contributed by atoms with Gasteiger partial charge in [0, 0.05) is 23.9 Å². The number of anilines is 1. The van der Waals surface area contributed by atoms with Gasteiger partial charge in [0.05, 0.1) is 23.4 Å². The van der Waals surface area contributed by atoms with E-state index in [1.165, 1.54) is 36.1 Å². The van der Waals surface area contributed by atoms with E-state index in [4.69, 9.17) is 9.47 Å². The SMILES string of the molecule is COCCOc1nc(-c2ccc(C(F)(F)F)cc2)n(-c2ccc(NC(=O)c3ccc(C(F)(F)F)cc3)cc2)n1. The van der Waals surface area contributed by atoms with Crippen LogP contribution in [-0.4, -0.2) is 41.0 Å². The van der Waals surface area contributed by atoms with E-state index in [0.29, 0.717) is 16.9 Å². The summed E-state index contributed by atoms with van der Waals surface area (Å²) in [7, 11) is 1.49. The van der Waals surface area contributed by atoms with Gasteiger partial charge in [-0.15, -0.1) is 5.10 Å². The van der Waals surface area contributed by atoms with Crippen LogP contribution in [0.1, 0.15) is 21.5 Å². The molecule has 0 fully saturated rings. The van der Waals surface area contributed by atoms with E-state index in [-0.39, 0.29) is 30.6 Å². The van der Waals surface area contributed by atoms with Gasteiger partial charge in [-0.3, -0.25) is 4.79 Å². The number of aromatic nitrogens is 3. The third-order valence-electron chi connectivity index (χ3n) is 5.42. The number of carbonyl (C=O) groups excluding carboxylic acids is 1. The molecule has 0 atom stereocenters. The molecule has 1 amide bonds. The molecular weight excluding hydrogens is 530 g/mol. The molecule has 0 aliphatic carbocycles. The number of nitrogens with zero attached hydrogens (tertiary/aromatic N) is 3. The van der Waals surface area contributed by atoms with Crippen molar-refractivity contribution < 1.29 is 40.6 Å². The lowest BCUT2D eigenvalue weighted by atomic mass is 10.1. The molecule has 0 aliphatic heterocycles. The first-order valence-corrected chi connectivity index (χ1v) is 11.3. The first kappa shape index (κ1) is 27.6. The number of methoxy groups -OCH3 is 1. The first-order chi connectivity index (χ1) is 18.5. The van der Waals surface area contributed by atoms with E-state index in [0.717, 1.165) is 36.4 Å². The third kappa shape index (κ3) is 6.74. The summed E-state index contributed by atoms with van der Waals surface area (Å²) in [4.78, 5) is 16.8. The molecule has 39 heavy (non-hydrogen) atoms. The topological polar surface area (TPSA) is 78.3 Å². The average molecular weight is 550 g/mol. The van der Waals surface area contributed by atoms with Crippen LogP contribution in [0, 0.1) is 0 Å². The molecule has 1 aromatic heterocycles. The molecular formula is C26H20F6N4O3. The number of benzene rings is 3. The van der Waals surface area contributed by atoms with Gasteiger partial charge >= 0.3 is 18.4 Å². The van der Waals surface area contributed by atoms with E-state index in [1.807, 2.05) is 0 Å². The molecule has 0 saturated heterocycles. The standard InChI is InChI=1S/C26H20F6N4O3/c1-38-14-15-39-24-34-22(16-2-6-18(7-3-16)25(27,28)29)36(35-24)21-12-10-20(11-13-21)33-23(37)17-4-8-19(9-5-17)26(30,31)32/h2-13H,14-15H2,1H3,(H,33,37). The van der Waals surface area contributed by atoms with E-state index in [9.17, 15) is 31.1 Å². The Morgan fingerprint density at radius 1 is 0.821 bits per heavy atom. The van der Waals surface area contributed by atoms with Crippen LogP contribution >= 0.6 is 0 Å². The van der Waals surface area contributed by atoms with Crippen molar-refractivity contribution in [2.75, 3.05) is 25.6 Å². The highest BCUT2D eigenvalue weighted by atomic mass is 19.4. The maximum Gasteiger partial charge on any atom is 0.416 e. The lowest BCUT2D eigenvalue weighted by molar-refractivity contribution is -0.138. The fraction of sp³-hybridized carbons (Fsp3) is 0.192. The smallest absolute Gasteiger partial charge is 0.416 e. The zero-order valence-electron chi connectivity index (χ0n) is 20.2. The summed E-state index contributed by atoms with van der Waals surface area (Å²) < 4.78 is 89.0. The number of hydrogen-bond donors (Lipinski definition) is 1. The largest absolute Gasteiger partial charge is 0.460 e. The number of alkyl halides is 6. The molecule has 204 valence electrons. The molecule has 0 radical (unpaired) electrons. The molecule has 0 spiro atoms. The molecule has 3 aromatic carbocycles. The Balaban J connectivity index is 1.57. The second-order valence-electron chi connectivity index (χ2n) is 8.12. The van der Waals surface area contributed by atoms with E-state index < -0.39 is 29.4 Å². The molecule has 4 aromatic rings. The van der Waals surface area contributed by atoms with E-state index in [1.54, 1.807) is 12.1 Å². The third-order valence-corrected chi connectivity index (χ3v) is 5.42. The number of halogens is 6. The molecule has 0 saturated carbocycles. The zero-order chi connectivity index (χ0) is 28.2. The van der Waals surface area contributed by atoms with Crippen molar-refractivity contribution in [1.82, 2.24) is 14.8 Å². The number of nitrogens with one attached hydrogen (secondary N) is 1. The minimum Gasteiger partial charge on any atom is -0.460 e. The molecule has 7 nitrogen and oxygen atoms in total. The maximum absolute atomic E-state index is 13.0. The number of hydrogen-bond acceptors (Lipinski definition) is 5. The van der Waals surface area contributed by atoms with Gasteiger partial charge in [0.15, 0.2) is 5.82 Å². The summed E-state index contributed by atoms with van der Waals surface area (Å²) in [5.74, 6) is -0.408. The zero-order valence-corrected chi connectivity index (χ0v) is 20.2. The van der Waals surface area contributed by atoms with Crippen LogP contribution in [0.3, 0.4) is 0 Å². The highest BCUT2D eigenvalue weighted by molar-refractivity contribution is 6.04. The second kappa shape index (κ2) is 11.2. The van der Waals surface area contributed by atoms with Crippen molar-refractivity contribution in [3.8, 4) is 23.1 Å². The van der Waals surface area contributed by atoms with Gasteiger partial charge in [-0.05, 0) is 60.7 Å². The van der Waals surface area contributed by atoms with Gasteiger partial charge in [0.2, 0.25) is 0 Å². The van der Waals surface area contributed by atoms with Gasteiger partial charge in [0.25, 0.3) is 5.91 Å². The van der Waals surface area contributed by atoms with Gasteiger partial charge in [-0.25, -0.2) is 4.68 Å². The molecule has 13 heteroatoms. The number of ether oxygens (including phenoxy) is 2. The normalized spacial score (nSPS) is 11.9. The minimum atomic E-state index is -4.51. The molecule has 1 heterocycles. The van der Waals surface area contributed by atoms with Crippen molar-refractivity contribution >= 4 is 11.6 Å². The molecule has 0 aliphatic rings. The number of amides is 1. The Hall–Kier alpha value is -4.39. The molecule has 4 rings (SSSR count). The molecule has 1 N–H and O–H groups in total. The quantitative estimate of drug-likeness (QED) is 0.207. The van der Waals surface area contributed by atoms with Crippen LogP contribution in [0.25, 0.3) is 17.1 Å². The van der Waals surface area contributed by atoms with Gasteiger partial charge in [-0.2, -0.15) is 31.3 Å². The van der Waals surface area contributed by atoms with Gasteiger partial charge in [-0.1, -0.05) is 12.1 Å². The van der Waals surface area contributed by atoms with Gasteiger partial charge < -0.3 is 14.8 Å². The predicted octanol–water partition coefficient (Wildman–Crippen LogP) is 6.25. The Labute approximate surface area is 218 Å². The Morgan fingerprint density at radius 3 is 1.92 bits per heavy atom. The summed E-state index contributed by atoms with van der Waals surface area (Å²) in [6.45, 7) is 0.402. The summed E-state index contributed by atoms with van der Waals surface area (Å²) in [5.41, 5.74) is -0.516. The fourth-order valence-corrected chi connectivity index (χ4v) is 3.45. The summed E-state index contributed by atoms with van der Waals surface area (Å²) in [6.07, 6.45) is -9.01. The van der Waals surface area contributed by atoms with Crippen molar-refractivity contribution in [3.63, 3.8) is 0 Å². The van der Waals surface area contributed by atoms with Crippen molar-refractivity contribution in [2.45, 2.75) is 12.4 Å². The van der Waals surface area contributed by atoms with Crippen LogP contribution in [-0.2, 0) is 17.1 Å². The van der Waals surface area contributed by atoms with Crippen LogP contribution in [0.15, 0.2) is 72.8 Å². The van der Waals surface area contributed by atoms with E-state index >= 15 is 0 Å². The predicted molar refractivity (Wildman–Crippen MR) is 129 cm³/mol. The second-order valence-corrected chi connectivity index (χ2v) is 8.12. The Kier molecular flexibility index (Phi) is 7.90. The lowest BCUT2D eigenvalue weighted by Crippen LogP contribution is -2.13. The van der Waals surface area contributed by atoms with Gasteiger partial charge in [0.1, 0.15) is 6.61 Å². The fourth-order valence-electron chi connectivity index (χ4n) is 3.45. The molecule has 0 unspecified atom stereocenters. The van der Waals surface area contributed by atoms with Crippen LogP contribution in [0.4, 0.5) is 32.0 Å². The van der Waals surface area contributed by atoms with Crippen LogP contribution in [0.5, 0.6) is 6.01 Å². The monoisotopic (exact) mass is 550 g/mol. The summed E-state index contributed by atoms with van der Waals surface area (Å²) in [5, 5.41) is 6.88. The minimum absolute atomic E-state index is 0.0263. The highest BCUT2D eigenvalue weighted by Crippen LogP contribution is 2.32.